The van der Waals surface area contributed by atoms with Gasteiger partial charge < -0.3 is 9.84 Å². The van der Waals surface area contributed by atoms with E-state index in [4.69, 9.17) is 9.84 Å². The summed E-state index contributed by atoms with van der Waals surface area (Å²) in [5.74, 6) is -1.19. The molecule has 0 spiro atoms. The zero-order chi connectivity index (χ0) is 12.8. The Balaban J connectivity index is 2.81. The van der Waals surface area contributed by atoms with Gasteiger partial charge in [-0.25, -0.2) is 9.59 Å². The molecule has 1 N–H and O–H groups in total. The largest absolute Gasteiger partial charge is 0.478 e. The molecule has 17 heavy (non-hydrogen) atoms. The minimum absolute atomic E-state index is 0.224. The standard InChI is InChI=1S/C13H14O4/c1-9(2)10-5-3-4-6-11(10)17-13(16)8-7-12(14)15/h3-9H,1-2H3,(H,14,15). The lowest BCUT2D eigenvalue weighted by atomic mass is 10.0. The lowest BCUT2D eigenvalue weighted by Crippen LogP contribution is -2.07. The number of para-hydroxylation sites is 1. The zero-order valence-electron chi connectivity index (χ0n) is 9.71. The van der Waals surface area contributed by atoms with E-state index in [9.17, 15) is 9.59 Å². The highest BCUT2D eigenvalue weighted by Gasteiger charge is 2.09. The lowest BCUT2D eigenvalue weighted by molar-refractivity contribution is -0.133. The molecule has 1 aromatic carbocycles. The fourth-order valence-electron chi connectivity index (χ4n) is 1.33. The number of benzene rings is 1. The molecule has 0 bridgehead atoms. The Bertz CT molecular complexity index is 446. The molecule has 4 nitrogen and oxygen atoms in total. The van der Waals surface area contributed by atoms with Crippen molar-refractivity contribution in [1.82, 2.24) is 0 Å². The molecule has 0 saturated carbocycles. The molecule has 0 aliphatic heterocycles. The van der Waals surface area contributed by atoms with Gasteiger partial charge in [0.15, 0.2) is 0 Å². The summed E-state index contributed by atoms with van der Waals surface area (Å²) in [6.45, 7) is 3.97. The number of carboxylic acid groups (broad SMARTS) is 1. The predicted molar refractivity (Wildman–Crippen MR) is 62.9 cm³/mol. The van der Waals surface area contributed by atoms with E-state index < -0.39 is 11.9 Å². The molecule has 0 amide bonds. The van der Waals surface area contributed by atoms with E-state index in [-0.39, 0.29) is 5.92 Å². The zero-order valence-corrected chi connectivity index (χ0v) is 9.71. The first-order valence-corrected chi connectivity index (χ1v) is 5.22. The minimum Gasteiger partial charge on any atom is -0.478 e. The van der Waals surface area contributed by atoms with Crippen LogP contribution in [0.3, 0.4) is 0 Å². The summed E-state index contributed by atoms with van der Waals surface area (Å²) >= 11 is 0. The monoisotopic (exact) mass is 234 g/mol. The van der Waals surface area contributed by atoms with Gasteiger partial charge in [-0.1, -0.05) is 32.0 Å². The maximum atomic E-state index is 11.3. The summed E-state index contributed by atoms with van der Waals surface area (Å²) < 4.78 is 5.07. The van der Waals surface area contributed by atoms with Gasteiger partial charge in [0.1, 0.15) is 5.75 Å². The number of esters is 1. The molecule has 4 heteroatoms. The van der Waals surface area contributed by atoms with Crippen molar-refractivity contribution in [2.75, 3.05) is 0 Å². The first-order chi connectivity index (χ1) is 8.00. The van der Waals surface area contributed by atoms with E-state index in [1.54, 1.807) is 12.1 Å². The Labute approximate surface area is 99.5 Å². The number of carbonyl (C=O) groups is 2. The maximum absolute atomic E-state index is 11.3. The molecular weight excluding hydrogens is 220 g/mol. The smallest absolute Gasteiger partial charge is 0.336 e. The van der Waals surface area contributed by atoms with E-state index in [1.165, 1.54) is 0 Å². The number of aliphatic carboxylic acids is 1. The van der Waals surface area contributed by atoms with Crippen LogP contribution < -0.4 is 4.74 Å². The number of ether oxygens (including phenoxy) is 1. The van der Waals surface area contributed by atoms with Crippen molar-refractivity contribution in [3.8, 4) is 5.75 Å². The molecule has 90 valence electrons. The second kappa shape index (κ2) is 5.84. The lowest BCUT2D eigenvalue weighted by Gasteiger charge is -2.11. The third-order valence-corrected chi connectivity index (χ3v) is 2.11. The molecule has 0 fully saturated rings. The minimum atomic E-state index is -1.18. The second-order valence-corrected chi connectivity index (χ2v) is 3.79. The Kier molecular flexibility index (Phi) is 4.46. The average Bonchev–Trinajstić information content (AvgIpc) is 2.27. The van der Waals surface area contributed by atoms with Crippen LogP contribution in [0.1, 0.15) is 25.3 Å². The van der Waals surface area contributed by atoms with Gasteiger partial charge in [-0.2, -0.15) is 0 Å². The maximum Gasteiger partial charge on any atom is 0.336 e. The number of hydrogen-bond donors (Lipinski definition) is 1. The van der Waals surface area contributed by atoms with Crippen LogP contribution in [0.2, 0.25) is 0 Å². The van der Waals surface area contributed by atoms with Crippen LogP contribution in [0.5, 0.6) is 5.75 Å². The molecule has 0 heterocycles. The summed E-state index contributed by atoms with van der Waals surface area (Å²) in [5, 5.41) is 8.38. The van der Waals surface area contributed by atoms with Crippen molar-refractivity contribution in [3.63, 3.8) is 0 Å². The Morgan fingerprint density at radius 1 is 1.24 bits per heavy atom. The van der Waals surface area contributed by atoms with Crippen LogP contribution in [0.25, 0.3) is 0 Å². The van der Waals surface area contributed by atoms with Crippen molar-refractivity contribution >= 4 is 11.9 Å². The van der Waals surface area contributed by atoms with Gasteiger partial charge in [0, 0.05) is 12.2 Å². The molecule has 1 aromatic rings. The third-order valence-electron chi connectivity index (χ3n) is 2.11. The number of rotatable bonds is 4. The summed E-state index contributed by atoms with van der Waals surface area (Å²) in [5.41, 5.74) is 0.907. The van der Waals surface area contributed by atoms with Gasteiger partial charge in [0.25, 0.3) is 0 Å². The van der Waals surface area contributed by atoms with E-state index in [1.807, 2.05) is 26.0 Å². The Morgan fingerprint density at radius 3 is 2.47 bits per heavy atom. The predicted octanol–water partition coefficient (Wildman–Crippen LogP) is 2.36. The fourth-order valence-corrected chi connectivity index (χ4v) is 1.33. The van der Waals surface area contributed by atoms with Crippen LogP contribution in [0, 0.1) is 0 Å². The molecule has 1 rings (SSSR count). The SMILES string of the molecule is CC(C)c1ccccc1OC(=O)C=CC(=O)O. The highest BCUT2D eigenvalue weighted by molar-refractivity contribution is 5.91. The van der Waals surface area contributed by atoms with Gasteiger partial charge >= 0.3 is 11.9 Å². The van der Waals surface area contributed by atoms with E-state index in [0.29, 0.717) is 5.75 Å². The van der Waals surface area contributed by atoms with Crippen molar-refractivity contribution in [2.45, 2.75) is 19.8 Å². The van der Waals surface area contributed by atoms with E-state index in [2.05, 4.69) is 0 Å². The van der Waals surface area contributed by atoms with E-state index in [0.717, 1.165) is 17.7 Å². The quantitative estimate of drug-likeness (QED) is 0.493. The van der Waals surface area contributed by atoms with E-state index >= 15 is 0 Å². The van der Waals surface area contributed by atoms with Crippen molar-refractivity contribution in [3.05, 3.63) is 42.0 Å². The molecule has 0 aliphatic carbocycles. The summed E-state index contributed by atoms with van der Waals surface area (Å²) in [6, 6.07) is 7.17. The van der Waals surface area contributed by atoms with Crippen LogP contribution in [0.4, 0.5) is 0 Å². The first kappa shape index (κ1) is 13.0. The molecule has 0 radical (unpaired) electrons. The summed E-state index contributed by atoms with van der Waals surface area (Å²) in [6.07, 6.45) is 1.64. The summed E-state index contributed by atoms with van der Waals surface area (Å²) in [4.78, 5) is 21.6. The van der Waals surface area contributed by atoms with Gasteiger partial charge in [0.2, 0.25) is 0 Å². The average molecular weight is 234 g/mol. The van der Waals surface area contributed by atoms with Crippen LogP contribution in [-0.2, 0) is 9.59 Å². The van der Waals surface area contributed by atoms with Crippen LogP contribution in [-0.4, -0.2) is 17.0 Å². The van der Waals surface area contributed by atoms with Crippen LogP contribution >= 0.6 is 0 Å². The first-order valence-electron chi connectivity index (χ1n) is 5.22. The molecular formula is C13H14O4. The fraction of sp³-hybridized carbons (Fsp3) is 0.231. The van der Waals surface area contributed by atoms with Gasteiger partial charge in [0.05, 0.1) is 0 Å². The molecule has 0 unspecified atom stereocenters. The van der Waals surface area contributed by atoms with Gasteiger partial charge in [-0.05, 0) is 17.5 Å². The number of carboxylic acids is 1. The highest BCUT2D eigenvalue weighted by Crippen LogP contribution is 2.25. The van der Waals surface area contributed by atoms with Gasteiger partial charge in [-0.15, -0.1) is 0 Å². The highest BCUT2D eigenvalue weighted by atomic mass is 16.5. The molecule has 0 saturated heterocycles. The molecule has 0 atom stereocenters. The van der Waals surface area contributed by atoms with Crippen molar-refractivity contribution in [1.29, 1.82) is 0 Å². The normalized spacial score (nSPS) is 10.8. The number of carbonyl (C=O) groups excluding carboxylic acids is 1. The van der Waals surface area contributed by atoms with Crippen molar-refractivity contribution in [2.24, 2.45) is 0 Å². The van der Waals surface area contributed by atoms with Crippen LogP contribution in [0.15, 0.2) is 36.4 Å². The second-order valence-electron chi connectivity index (χ2n) is 3.79. The third kappa shape index (κ3) is 4.10. The topological polar surface area (TPSA) is 63.6 Å². The Hall–Kier alpha value is -2.10. The molecule has 0 aliphatic rings. The van der Waals surface area contributed by atoms with Crippen molar-refractivity contribution < 1.29 is 19.4 Å². The summed E-state index contributed by atoms with van der Waals surface area (Å²) in [7, 11) is 0. The molecule has 0 aromatic heterocycles. The number of hydrogen-bond acceptors (Lipinski definition) is 3. The van der Waals surface area contributed by atoms with Gasteiger partial charge in [-0.3, -0.25) is 0 Å². The Morgan fingerprint density at radius 2 is 1.88 bits per heavy atom.